The number of nitrogens with one attached hydrogen (secondary N) is 1. The van der Waals surface area contributed by atoms with Crippen molar-refractivity contribution < 1.29 is 4.39 Å². The zero-order chi connectivity index (χ0) is 11.8. The lowest BCUT2D eigenvalue weighted by Crippen LogP contribution is -2.15. The maximum absolute atomic E-state index is 13.4. The predicted octanol–water partition coefficient (Wildman–Crippen LogP) is 4.28. The summed E-state index contributed by atoms with van der Waals surface area (Å²) in [6, 6.07) is 5.19. The van der Waals surface area contributed by atoms with E-state index in [-0.39, 0.29) is 5.82 Å². The van der Waals surface area contributed by atoms with E-state index in [1.165, 1.54) is 29.8 Å². The highest BCUT2D eigenvalue weighted by Gasteiger charge is 2.01. The Hall–Kier alpha value is 0.320. The first-order chi connectivity index (χ1) is 7.74. The van der Waals surface area contributed by atoms with Crippen molar-refractivity contribution in [1.82, 2.24) is 5.32 Å². The van der Waals surface area contributed by atoms with Crippen LogP contribution in [0.3, 0.4) is 0 Å². The molecule has 0 aromatic heterocycles. The molecule has 0 spiro atoms. The maximum atomic E-state index is 13.4. The van der Waals surface area contributed by atoms with Crippen LogP contribution in [0.1, 0.15) is 24.8 Å². The summed E-state index contributed by atoms with van der Waals surface area (Å²) in [5.74, 6) is -0.144. The van der Waals surface area contributed by atoms with Gasteiger partial charge in [-0.3, -0.25) is 0 Å². The lowest BCUT2D eigenvalue weighted by molar-refractivity contribution is 0.574. The van der Waals surface area contributed by atoms with E-state index < -0.39 is 0 Å². The van der Waals surface area contributed by atoms with Crippen LogP contribution in [-0.4, -0.2) is 11.0 Å². The lowest BCUT2D eigenvalue weighted by atomic mass is 10.2. The van der Waals surface area contributed by atoms with Crippen LogP contribution < -0.4 is 5.32 Å². The molecule has 4 heteroatoms. The molecule has 16 heavy (non-hydrogen) atoms. The molecule has 0 aliphatic carbocycles. The summed E-state index contributed by atoms with van der Waals surface area (Å²) >= 11 is 5.64. The normalized spacial score (nSPS) is 10.7. The Kier molecular flexibility index (Phi) is 7.56. The van der Waals surface area contributed by atoms with Crippen molar-refractivity contribution in [1.29, 1.82) is 0 Å². The van der Waals surface area contributed by atoms with Gasteiger partial charge in [0.15, 0.2) is 0 Å². The van der Waals surface area contributed by atoms with Gasteiger partial charge in [0.05, 0.1) is 0 Å². The molecule has 1 aromatic carbocycles. The molecule has 1 N–H and O–H groups in total. The smallest absolute Gasteiger partial charge is 0.128 e. The second-order valence-electron chi connectivity index (χ2n) is 3.66. The van der Waals surface area contributed by atoms with Crippen LogP contribution in [0.4, 0.5) is 4.39 Å². The van der Waals surface area contributed by atoms with Gasteiger partial charge in [0.1, 0.15) is 5.82 Å². The average molecular weight is 400 g/mol. The Balaban J connectivity index is 2.21. The fraction of sp³-hybridized carbons (Fsp3) is 0.500. The topological polar surface area (TPSA) is 12.0 Å². The summed E-state index contributed by atoms with van der Waals surface area (Å²) in [5, 5.41) is 3.26. The Morgan fingerprint density at radius 2 is 2.06 bits per heavy atom. The fourth-order valence-corrected chi connectivity index (χ4v) is 2.28. The summed E-state index contributed by atoms with van der Waals surface area (Å²) in [6.07, 6.45) is 3.69. The highest BCUT2D eigenvalue weighted by atomic mass is 127. The van der Waals surface area contributed by atoms with Crippen LogP contribution in [0.5, 0.6) is 0 Å². The number of alkyl halides is 1. The Morgan fingerprint density at radius 1 is 1.25 bits per heavy atom. The van der Waals surface area contributed by atoms with Crippen LogP contribution >= 0.6 is 38.5 Å². The number of halogens is 3. The maximum Gasteiger partial charge on any atom is 0.128 e. The van der Waals surface area contributed by atoms with Crippen molar-refractivity contribution in [2.24, 2.45) is 0 Å². The van der Waals surface area contributed by atoms with Gasteiger partial charge in [0, 0.05) is 16.6 Å². The van der Waals surface area contributed by atoms with E-state index >= 15 is 0 Å². The lowest BCUT2D eigenvalue weighted by Gasteiger charge is -2.06. The molecule has 1 nitrogen and oxygen atoms in total. The van der Waals surface area contributed by atoms with Gasteiger partial charge in [-0.05, 0) is 35.9 Å². The van der Waals surface area contributed by atoms with Gasteiger partial charge in [-0.15, -0.1) is 0 Å². The summed E-state index contributed by atoms with van der Waals surface area (Å²) in [5.41, 5.74) is 0.733. The predicted molar refractivity (Wildman–Crippen MR) is 78.5 cm³/mol. The monoisotopic (exact) mass is 399 g/mol. The van der Waals surface area contributed by atoms with Crippen molar-refractivity contribution >= 4 is 38.5 Å². The van der Waals surface area contributed by atoms with E-state index in [0.717, 1.165) is 16.6 Å². The van der Waals surface area contributed by atoms with Crippen LogP contribution in [-0.2, 0) is 6.54 Å². The fourth-order valence-electron chi connectivity index (χ4n) is 1.41. The van der Waals surface area contributed by atoms with Crippen LogP contribution in [0.15, 0.2) is 22.7 Å². The Morgan fingerprint density at radius 3 is 2.75 bits per heavy atom. The number of rotatable bonds is 7. The van der Waals surface area contributed by atoms with E-state index in [1.54, 1.807) is 0 Å². The van der Waals surface area contributed by atoms with Gasteiger partial charge in [0.25, 0.3) is 0 Å². The molecular weight excluding hydrogens is 384 g/mol. The highest BCUT2D eigenvalue weighted by Crippen LogP contribution is 2.14. The molecule has 0 aliphatic rings. The molecule has 0 bridgehead atoms. The first-order valence-electron chi connectivity index (χ1n) is 5.44. The summed E-state index contributed by atoms with van der Waals surface area (Å²) in [6.45, 7) is 1.58. The van der Waals surface area contributed by atoms with Crippen molar-refractivity contribution in [3.63, 3.8) is 0 Å². The van der Waals surface area contributed by atoms with E-state index in [9.17, 15) is 4.39 Å². The van der Waals surface area contributed by atoms with Gasteiger partial charge in [-0.2, -0.15) is 0 Å². The third-order valence-corrected chi connectivity index (χ3v) is 3.57. The van der Waals surface area contributed by atoms with Crippen molar-refractivity contribution in [3.05, 3.63) is 34.1 Å². The van der Waals surface area contributed by atoms with E-state index in [0.29, 0.717) is 6.54 Å². The third kappa shape index (κ3) is 5.59. The van der Waals surface area contributed by atoms with E-state index in [1.807, 2.05) is 12.1 Å². The SMILES string of the molecule is Fc1cc(Br)ccc1CNCCCCCI. The molecule has 0 saturated carbocycles. The minimum absolute atomic E-state index is 0.144. The van der Waals surface area contributed by atoms with Gasteiger partial charge in [-0.25, -0.2) is 4.39 Å². The second-order valence-corrected chi connectivity index (χ2v) is 5.66. The first kappa shape index (κ1) is 14.4. The van der Waals surface area contributed by atoms with Crippen molar-refractivity contribution in [2.75, 3.05) is 11.0 Å². The molecular formula is C12H16BrFIN. The summed E-state index contributed by atoms with van der Waals surface area (Å²) < 4.78 is 15.4. The molecule has 90 valence electrons. The quantitative estimate of drug-likeness (QED) is 0.410. The van der Waals surface area contributed by atoms with Gasteiger partial charge < -0.3 is 5.32 Å². The molecule has 0 saturated heterocycles. The standard InChI is InChI=1S/C12H16BrFIN/c13-11-5-4-10(12(14)8-11)9-16-7-3-1-2-6-15/h4-5,8,16H,1-3,6-7,9H2. The zero-order valence-electron chi connectivity index (χ0n) is 9.11. The van der Waals surface area contributed by atoms with Gasteiger partial charge in [-0.1, -0.05) is 51.0 Å². The first-order valence-corrected chi connectivity index (χ1v) is 7.76. The van der Waals surface area contributed by atoms with Crippen LogP contribution in [0.2, 0.25) is 0 Å². The number of unbranched alkanes of at least 4 members (excludes halogenated alkanes) is 2. The molecule has 0 fully saturated rings. The number of benzene rings is 1. The average Bonchev–Trinajstić information content (AvgIpc) is 2.26. The van der Waals surface area contributed by atoms with E-state index in [2.05, 4.69) is 43.8 Å². The van der Waals surface area contributed by atoms with Gasteiger partial charge >= 0.3 is 0 Å². The van der Waals surface area contributed by atoms with E-state index in [4.69, 9.17) is 0 Å². The largest absolute Gasteiger partial charge is 0.313 e. The summed E-state index contributed by atoms with van der Waals surface area (Å²) in [4.78, 5) is 0. The molecule has 0 unspecified atom stereocenters. The molecule has 1 rings (SSSR count). The number of hydrogen-bond acceptors (Lipinski definition) is 1. The highest BCUT2D eigenvalue weighted by molar-refractivity contribution is 14.1. The zero-order valence-corrected chi connectivity index (χ0v) is 12.9. The third-order valence-electron chi connectivity index (χ3n) is 2.32. The van der Waals surface area contributed by atoms with Crippen LogP contribution in [0, 0.1) is 5.82 Å². The Labute approximate surface area is 118 Å². The van der Waals surface area contributed by atoms with Gasteiger partial charge in [0.2, 0.25) is 0 Å². The molecule has 0 atom stereocenters. The van der Waals surface area contributed by atoms with Crippen LogP contribution in [0.25, 0.3) is 0 Å². The minimum atomic E-state index is -0.144. The molecule has 1 aromatic rings. The number of hydrogen-bond donors (Lipinski definition) is 1. The Bertz CT molecular complexity index is 320. The molecule has 0 amide bonds. The molecule has 0 aliphatic heterocycles. The minimum Gasteiger partial charge on any atom is -0.313 e. The molecule has 0 radical (unpaired) electrons. The van der Waals surface area contributed by atoms with Crippen molar-refractivity contribution in [2.45, 2.75) is 25.8 Å². The second kappa shape index (κ2) is 8.42. The summed E-state index contributed by atoms with van der Waals surface area (Å²) in [7, 11) is 0. The van der Waals surface area contributed by atoms with Crippen molar-refractivity contribution in [3.8, 4) is 0 Å². The molecule has 0 heterocycles.